The Balaban J connectivity index is 2.29. The van der Waals surface area contributed by atoms with Crippen LogP contribution in [0.2, 0.25) is 0 Å². The van der Waals surface area contributed by atoms with Crippen molar-refractivity contribution in [2.24, 2.45) is 7.05 Å². The van der Waals surface area contributed by atoms with Crippen molar-refractivity contribution < 1.29 is 0 Å². The van der Waals surface area contributed by atoms with Crippen LogP contribution in [-0.4, -0.2) is 22.6 Å². The van der Waals surface area contributed by atoms with E-state index in [0.29, 0.717) is 0 Å². The highest BCUT2D eigenvalue weighted by atomic mass is 15.1. The fourth-order valence-electron chi connectivity index (χ4n) is 1.96. The first-order valence-electron chi connectivity index (χ1n) is 5.85. The third kappa shape index (κ3) is 2.09. The van der Waals surface area contributed by atoms with Crippen molar-refractivity contribution in [3.63, 3.8) is 0 Å². The number of imidazole rings is 1. The average Bonchev–Trinajstić information content (AvgIpc) is 2.56. The molecular weight excluding hydrogens is 198 g/mol. The van der Waals surface area contributed by atoms with E-state index in [1.807, 2.05) is 0 Å². The van der Waals surface area contributed by atoms with E-state index >= 15 is 0 Å². The molecule has 3 heteroatoms. The number of benzene rings is 1. The van der Waals surface area contributed by atoms with Crippen LogP contribution < -0.4 is 5.32 Å². The number of rotatable bonds is 4. The van der Waals surface area contributed by atoms with Crippen LogP contribution in [0.4, 0.5) is 0 Å². The van der Waals surface area contributed by atoms with Crippen molar-refractivity contribution in [2.45, 2.75) is 20.3 Å². The second-order valence-electron chi connectivity index (χ2n) is 4.18. The molecule has 0 spiro atoms. The van der Waals surface area contributed by atoms with Crippen molar-refractivity contribution in [1.82, 2.24) is 14.9 Å². The van der Waals surface area contributed by atoms with Gasteiger partial charge in [-0.15, -0.1) is 0 Å². The number of fused-ring (bicyclic) bond motifs is 1. The topological polar surface area (TPSA) is 29.9 Å². The van der Waals surface area contributed by atoms with Gasteiger partial charge in [-0.1, -0.05) is 13.0 Å². The van der Waals surface area contributed by atoms with Crippen molar-refractivity contribution >= 4 is 11.0 Å². The molecule has 0 aliphatic heterocycles. The number of hydrogen-bond donors (Lipinski definition) is 1. The first-order valence-corrected chi connectivity index (χ1v) is 5.85. The summed E-state index contributed by atoms with van der Waals surface area (Å²) in [6, 6.07) is 6.43. The fourth-order valence-corrected chi connectivity index (χ4v) is 1.96. The zero-order valence-electron chi connectivity index (χ0n) is 10.2. The number of nitrogens with zero attached hydrogens (tertiary/aromatic N) is 2. The summed E-state index contributed by atoms with van der Waals surface area (Å²) in [4.78, 5) is 4.67. The molecule has 0 bridgehead atoms. The van der Waals surface area contributed by atoms with Crippen molar-refractivity contribution in [3.8, 4) is 0 Å². The maximum absolute atomic E-state index is 4.67. The predicted octanol–water partition coefficient (Wildman–Crippen LogP) is 2.03. The summed E-state index contributed by atoms with van der Waals surface area (Å²) in [6.45, 7) is 6.24. The molecule has 0 unspecified atom stereocenters. The lowest BCUT2D eigenvalue weighted by molar-refractivity contribution is 0.680. The zero-order chi connectivity index (χ0) is 11.5. The van der Waals surface area contributed by atoms with Gasteiger partial charge in [-0.2, -0.15) is 0 Å². The van der Waals surface area contributed by atoms with Gasteiger partial charge < -0.3 is 9.88 Å². The molecule has 0 saturated heterocycles. The summed E-state index contributed by atoms with van der Waals surface area (Å²) < 4.78 is 2.19. The molecule has 1 aromatic carbocycles. The second-order valence-corrected chi connectivity index (χ2v) is 4.18. The summed E-state index contributed by atoms with van der Waals surface area (Å²) in [5.41, 5.74) is 3.59. The van der Waals surface area contributed by atoms with Gasteiger partial charge in [-0.3, -0.25) is 0 Å². The highest BCUT2D eigenvalue weighted by Crippen LogP contribution is 2.16. The molecule has 0 aliphatic carbocycles. The van der Waals surface area contributed by atoms with Gasteiger partial charge in [0.25, 0.3) is 0 Å². The number of aryl methyl sites for hydroxylation is 2. The van der Waals surface area contributed by atoms with Crippen molar-refractivity contribution in [1.29, 1.82) is 0 Å². The monoisotopic (exact) mass is 217 g/mol. The Kier molecular flexibility index (Phi) is 3.25. The highest BCUT2D eigenvalue weighted by molar-refractivity contribution is 5.76. The van der Waals surface area contributed by atoms with E-state index in [4.69, 9.17) is 0 Å². The molecule has 3 nitrogen and oxygen atoms in total. The normalized spacial score (nSPS) is 11.2. The van der Waals surface area contributed by atoms with Crippen LogP contribution in [0.3, 0.4) is 0 Å². The Labute approximate surface area is 96.5 Å². The third-order valence-electron chi connectivity index (χ3n) is 2.90. The third-order valence-corrected chi connectivity index (χ3v) is 2.90. The summed E-state index contributed by atoms with van der Waals surface area (Å²) in [5, 5.41) is 3.33. The zero-order valence-corrected chi connectivity index (χ0v) is 10.2. The molecule has 0 saturated carbocycles. The van der Waals surface area contributed by atoms with E-state index in [0.717, 1.165) is 30.9 Å². The Morgan fingerprint density at radius 2 is 2.19 bits per heavy atom. The fraction of sp³-hybridized carbons (Fsp3) is 0.462. The van der Waals surface area contributed by atoms with Crippen LogP contribution >= 0.6 is 0 Å². The molecule has 16 heavy (non-hydrogen) atoms. The molecule has 0 amide bonds. The van der Waals surface area contributed by atoms with Gasteiger partial charge in [-0.05, 0) is 31.2 Å². The van der Waals surface area contributed by atoms with Crippen LogP contribution in [0.1, 0.15) is 18.3 Å². The molecule has 2 rings (SSSR count). The predicted molar refractivity (Wildman–Crippen MR) is 67.7 cm³/mol. The summed E-state index contributed by atoms with van der Waals surface area (Å²) in [7, 11) is 2.09. The van der Waals surface area contributed by atoms with Gasteiger partial charge in [0.2, 0.25) is 0 Å². The van der Waals surface area contributed by atoms with Crippen LogP contribution in [0.5, 0.6) is 0 Å². The molecule has 0 atom stereocenters. The van der Waals surface area contributed by atoms with E-state index in [1.165, 1.54) is 11.1 Å². The lowest BCUT2D eigenvalue weighted by atomic mass is 10.2. The second kappa shape index (κ2) is 4.66. The maximum atomic E-state index is 4.67. The van der Waals surface area contributed by atoms with Gasteiger partial charge >= 0.3 is 0 Å². The Morgan fingerprint density at radius 1 is 1.38 bits per heavy atom. The first kappa shape index (κ1) is 11.1. The summed E-state index contributed by atoms with van der Waals surface area (Å²) >= 11 is 0. The Bertz CT molecular complexity index is 485. The van der Waals surface area contributed by atoms with Gasteiger partial charge in [0.1, 0.15) is 5.82 Å². The van der Waals surface area contributed by atoms with E-state index in [2.05, 4.69) is 54.0 Å². The standard InChI is InChI=1S/C13H19N3/c1-4-14-8-7-13-15-11-9-10(2)5-6-12(11)16(13)3/h5-6,9,14H,4,7-8H2,1-3H3. The lowest BCUT2D eigenvalue weighted by Crippen LogP contribution is -2.17. The quantitative estimate of drug-likeness (QED) is 0.794. The van der Waals surface area contributed by atoms with Gasteiger partial charge in [0.15, 0.2) is 0 Å². The van der Waals surface area contributed by atoms with E-state index in [-0.39, 0.29) is 0 Å². The summed E-state index contributed by atoms with van der Waals surface area (Å²) in [6.07, 6.45) is 0.984. The molecule has 1 N–H and O–H groups in total. The molecule has 1 heterocycles. The smallest absolute Gasteiger partial charge is 0.110 e. The van der Waals surface area contributed by atoms with Gasteiger partial charge in [-0.25, -0.2) is 4.98 Å². The van der Waals surface area contributed by atoms with Crippen molar-refractivity contribution in [2.75, 3.05) is 13.1 Å². The largest absolute Gasteiger partial charge is 0.331 e. The minimum Gasteiger partial charge on any atom is -0.331 e. The number of aromatic nitrogens is 2. The lowest BCUT2D eigenvalue weighted by Gasteiger charge is -2.02. The first-order chi connectivity index (χ1) is 7.72. The van der Waals surface area contributed by atoms with E-state index < -0.39 is 0 Å². The SMILES string of the molecule is CCNCCc1nc2cc(C)ccc2n1C. The van der Waals surface area contributed by atoms with Crippen LogP contribution in [0, 0.1) is 6.92 Å². The Morgan fingerprint density at radius 3 is 2.94 bits per heavy atom. The summed E-state index contributed by atoms with van der Waals surface area (Å²) in [5.74, 6) is 1.15. The minimum absolute atomic E-state index is 0.984. The van der Waals surface area contributed by atoms with Gasteiger partial charge in [0, 0.05) is 20.0 Å². The number of nitrogens with one attached hydrogen (secondary N) is 1. The number of likely N-dealkylation sites (N-methyl/N-ethyl adjacent to an activating group) is 1. The Hall–Kier alpha value is -1.35. The minimum atomic E-state index is 0.984. The van der Waals surface area contributed by atoms with E-state index in [9.17, 15) is 0 Å². The van der Waals surface area contributed by atoms with Crippen LogP contribution in [-0.2, 0) is 13.5 Å². The molecule has 0 radical (unpaired) electrons. The molecular formula is C13H19N3. The van der Waals surface area contributed by atoms with Crippen LogP contribution in [0.25, 0.3) is 11.0 Å². The average molecular weight is 217 g/mol. The highest BCUT2D eigenvalue weighted by Gasteiger charge is 2.06. The van der Waals surface area contributed by atoms with Gasteiger partial charge in [0.05, 0.1) is 11.0 Å². The van der Waals surface area contributed by atoms with E-state index in [1.54, 1.807) is 0 Å². The maximum Gasteiger partial charge on any atom is 0.110 e. The number of hydrogen-bond acceptors (Lipinski definition) is 2. The molecule has 0 fully saturated rings. The molecule has 86 valence electrons. The molecule has 0 aliphatic rings. The van der Waals surface area contributed by atoms with Crippen LogP contribution in [0.15, 0.2) is 18.2 Å². The molecule has 1 aromatic heterocycles. The molecule has 2 aromatic rings. The van der Waals surface area contributed by atoms with Crippen molar-refractivity contribution in [3.05, 3.63) is 29.6 Å².